The second kappa shape index (κ2) is 11.2. The van der Waals surface area contributed by atoms with E-state index in [1.54, 1.807) is 0 Å². The van der Waals surface area contributed by atoms with Crippen molar-refractivity contribution in [2.75, 3.05) is 27.2 Å². The lowest BCUT2D eigenvalue weighted by molar-refractivity contribution is 0.307. The summed E-state index contributed by atoms with van der Waals surface area (Å²) in [6, 6.07) is 18.1. The van der Waals surface area contributed by atoms with Gasteiger partial charge in [-0.25, -0.2) is 9.97 Å². The number of nitrogens with zero attached hydrogens (tertiary/aromatic N) is 4. The number of hydrogen-bond donors (Lipinski definition) is 2. The molecule has 1 fully saturated rings. The molecule has 5 rings (SSSR count). The number of likely N-dealkylation sites (tertiary alicyclic amines) is 1. The second-order valence-corrected chi connectivity index (χ2v) is 10.2. The Morgan fingerprint density at radius 3 is 2.08 bits per heavy atom. The van der Waals surface area contributed by atoms with Gasteiger partial charge in [0.05, 0.1) is 24.0 Å². The first kappa shape index (κ1) is 24.5. The fraction of sp³-hybridized carbons (Fsp3) is 0.400. The molecule has 0 amide bonds. The normalized spacial score (nSPS) is 16.3. The van der Waals surface area contributed by atoms with E-state index in [2.05, 4.69) is 89.3 Å². The lowest BCUT2D eigenvalue weighted by Crippen LogP contribution is -2.19. The largest absolute Gasteiger partial charge is 0.347 e. The molecule has 0 saturated carbocycles. The fourth-order valence-electron chi connectivity index (χ4n) is 5.19. The van der Waals surface area contributed by atoms with Crippen LogP contribution >= 0.6 is 0 Å². The summed E-state index contributed by atoms with van der Waals surface area (Å²) in [5.41, 5.74) is 7.07. The molecule has 6 heteroatoms. The van der Waals surface area contributed by atoms with Crippen LogP contribution in [0.2, 0.25) is 0 Å². The molecule has 1 aliphatic heterocycles. The molecule has 2 aromatic carbocycles. The number of aryl methyl sites for hydroxylation is 2. The van der Waals surface area contributed by atoms with E-state index in [0.717, 1.165) is 67.5 Å². The van der Waals surface area contributed by atoms with Crippen LogP contribution in [0.4, 0.5) is 0 Å². The van der Waals surface area contributed by atoms with Crippen LogP contribution in [0, 0.1) is 0 Å². The van der Waals surface area contributed by atoms with Crippen LogP contribution in [0.15, 0.2) is 60.9 Å². The Bertz CT molecular complexity index is 1240. The Morgan fingerprint density at radius 2 is 1.50 bits per heavy atom. The maximum atomic E-state index is 4.89. The smallest absolute Gasteiger partial charge is 0.124 e. The lowest BCUT2D eigenvalue weighted by Gasteiger charge is -2.16. The molecule has 0 bridgehead atoms. The van der Waals surface area contributed by atoms with E-state index in [0.29, 0.717) is 6.04 Å². The Kier molecular flexibility index (Phi) is 7.63. The van der Waals surface area contributed by atoms with Crippen molar-refractivity contribution in [1.82, 2.24) is 29.7 Å². The van der Waals surface area contributed by atoms with Crippen molar-refractivity contribution in [3.63, 3.8) is 0 Å². The van der Waals surface area contributed by atoms with Gasteiger partial charge < -0.3 is 9.97 Å². The Morgan fingerprint density at radius 1 is 0.889 bits per heavy atom. The molecule has 0 spiro atoms. The average Bonchev–Trinajstić information content (AvgIpc) is 3.65. The summed E-state index contributed by atoms with van der Waals surface area (Å²) in [5, 5.41) is 0. The van der Waals surface area contributed by atoms with Gasteiger partial charge in [-0.15, -0.1) is 0 Å². The van der Waals surface area contributed by atoms with Gasteiger partial charge in [0.2, 0.25) is 0 Å². The first-order valence-electron chi connectivity index (χ1n) is 13.3. The Labute approximate surface area is 214 Å². The van der Waals surface area contributed by atoms with E-state index in [1.165, 1.54) is 29.5 Å². The van der Waals surface area contributed by atoms with E-state index in [9.17, 15) is 0 Å². The fourth-order valence-corrected chi connectivity index (χ4v) is 5.19. The summed E-state index contributed by atoms with van der Waals surface area (Å²) in [7, 11) is 4.32. The topological polar surface area (TPSA) is 63.8 Å². The van der Waals surface area contributed by atoms with Crippen LogP contribution in [-0.2, 0) is 19.4 Å². The molecule has 188 valence electrons. The molecular formula is C30H38N6. The van der Waals surface area contributed by atoms with E-state index in [1.807, 2.05) is 12.4 Å². The van der Waals surface area contributed by atoms with Crippen molar-refractivity contribution in [3.05, 3.63) is 83.7 Å². The molecule has 4 aromatic rings. The molecule has 1 atom stereocenters. The minimum absolute atomic E-state index is 0.423. The first-order chi connectivity index (χ1) is 17.6. The zero-order valence-electron chi connectivity index (χ0n) is 21.8. The zero-order valence-corrected chi connectivity index (χ0v) is 21.8. The number of aromatic amines is 2. The first-order valence-corrected chi connectivity index (χ1v) is 13.3. The minimum atomic E-state index is 0.423. The van der Waals surface area contributed by atoms with Gasteiger partial charge in [-0.3, -0.25) is 9.80 Å². The second-order valence-electron chi connectivity index (χ2n) is 10.2. The summed E-state index contributed by atoms with van der Waals surface area (Å²) >= 11 is 0. The predicted octanol–water partition coefficient (Wildman–Crippen LogP) is 5.86. The van der Waals surface area contributed by atoms with Crippen LogP contribution in [0.1, 0.15) is 55.0 Å². The number of nitrogens with one attached hydrogen (secondary N) is 2. The van der Waals surface area contributed by atoms with E-state index >= 15 is 0 Å². The highest BCUT2D eigenvalue weighted by molar-refractivity contribution is 5.60. The summed E-state index contributed by atoms with van der Waals surface area (Å²) in [6.45, 7) is 5.28. The maximum absolute atomic E-state index is 4.89. The van der Waals surface area contributed by atoms with E-state index < -0.39 is 0 Å². The molecule has 1 saturated heterocycles. The van der Waals surface area contributed by atoms with Crippen LogP contribution < -0.4 is 0 Å². The quantitative estimate of drug-likeness (QED) is 0.297. The highest BCUT2D eigenvalue weighted by Gasteiger charge is 2.25. The number of rotatable bonds is 10. The van der Waals surface area contributed by atoms with Gasteiger partial charge in [0.1, 0.15) is 11.6 Å². The summed E-state index contributed by atoms with van der Waals surface area (Å²) < 4.78 is 0. The zero-order chi connectivity index (χ0) is 24.9. The highest BCUT2D eigenvalue weighted by Crippen LogP contribution is 2.30. The number of hydrogen-bond acceptors (Lipinski definition) is 4. The van der Waals surface area contributed by atoms with Gasteiger partial charge in [-0.2, -0.15) is 0 Å². The van der Waals surface area contributed by atoms with Crippen LogP contribution in [0.25, 0.3) is 22.5 Å². The van der Waals surface area contributed by atoms with Gasteiger partial charge in [0.25, 0.3) is 0 Å². The molecule has 6 nitrogen and oxygen atoms in total. The van der Waals surface area contributed by atoms with Crippen molar-refractivity contribution in [2.24, 2.45) is 0 Å². The summed E-state index contributed by atoms with van der Waals surface area (Å²) in [4.78, 5) is 21.1. The number of imidazole rings is 2. The molecule has 2 aromatic heterocycles. The third kappa shape index (κ3) is 5.77. The van der Waals surface area contributed by atoms with Gasteiger partial charge in [-0.1, -0.05) is 55.5 Å². The van der Waals surface area contributed by atoms with Crippen molar-refractivity contribution >= 4 is 0 Å². The molecule has 0 radical (unpaired) electrons. The molecule has 3 heterocycles. The number of aromatic nitrogens is 4. The standard InChI is InChI=1S/C30H38N6/c1-4-17-35(2)21-29-31-19-26(33-29)24-13-9-22(10-14-24)7-8-23-11-15-25(16-12-23)27-20-32-30(34-27)28-6-5-18-36(28)3/h9-16,19-20,28H,4-8,17-18,21H2,1-3H3,(H,31,33)(H,32,34)/t28-/m0/s1. The van der Waals surface area contributed by atoms with Gasteiger partial charge >= 0.3 is 0 Å². The van der Waals surface area contributed by atoms with Crippen molar-refractivity contribution in [3.8, 4) is 22.5 Å². The van der Waals surface area contributed by atoms with Crippen molar-refractivity contribution in [1.29, 1.82) is 0 Å². The third-order valence-electron chi connectivity index (χ3n) is 7.29. The summed E-state index contributed by atoms with van der Waals surface area (Å²) in [5.74, 6) is 2.11. The predicted molar refractivity (Wildman–Crippen MR) is 147 cm³/mol. The number of benzene rings is 2. The van der Waals surface area contributed by atoms with E-state index in [4.69, 9.17) is 9.97 Å². The number of H-pyrrole nitrogens is 2. The van der Waals surface area contributed by atoms with Gasteiger partial charge in [0.15, 0.2) is 0 Å². The highest BCUT2D eigenvalue weighted by atomic mass is 15.2. The third-order valence-corrected chi connectivity index (χ3v) is 7.29. The van der Waals surface area contributed by atoms with Gasteiger partial charge in [0, 0.05) is 23.5 Å². The lowest BCUT2D eigenvalue weighted by atomic mass is 10.0. The SMILES string of the molecule is CCCN(C)Cc1nc(-c2ccc(CCc3ccc(-c4c[nH]c([C@@H]5CCCN5C)n4)cc3)cc2)c[nH]1. The molecule has 36 heavy (non-hydrogen) atoms. The molecule has 0 aliphatic carbocycles. The van der Waals surface area contributed by atoms with Crippen LogP contribution in [0.3, 0.4) is 0 Å². The van der Waals surface area contributed by atoms with Crippen LogP contribution in [-0.4, -0.2) is 56.9 Å². The molecule has 2 N–H and O–H groups in total. The maximum Gasteiger partial charge on any atom is 0.124 e. The van der Waals surface area contributed by atoms with Crippen molar-refractivity contribution in [2.45, 2.75) is 51.6 Å². The molecular weight excluding hydrogens is 444 g/mol. The average molecular weight is 483 g/mol. The summed E-state index contributed by atoms with van der Waals surface area (Å²) in [6.07, 6.45) is 9.68. The monoisotopic (exact) mass is 482 g/mol. The molecule has 0 unspecified atom stereocenters. The Balaban J connectivity index is 1.15. The van der Waals surface area contributed by atoms with Gasteiger partial charge in [-0.05, 0) is 70.4 Å². The minimum Gasteiger partial charge on any atom is -0.347 e. The van der Waals surface area contributed by atoms with Crippen molar-refractivity contribution < 1.29 is 0 Å². The Hall–Kier alpha value is -3.22. The van der Waals surface area contributed by atoms with Crippen LogP contribution in [0.5, 0.6) is 0 Å². The molecule has 1 aliphatic rings. The van der Waals surface area contributed by atoms with E-state index in [-0.39, 0.29) is 0 Å².